The molecule has 0 aromatic heterocycles. The smallest absolute Gasteiger partial charge is 0.481 e. The van der Waals surface area contributed by atoms with Crippen LogP contribution >= 0.6 is 0 Å². The molecule has 28 heavy (non-hydrogen) atoms. The zero-order chi connectivity index (χ0) is 20.1. The molecule has 0 spiro atoms. The van der Waals surface area contributed by atoms with Gasteiger partial charge in [0, 0.05) is 22.6 Å². The topological polar surface area (TPSA) is 161 Å². The van der Waals surface area contributed by atoms with Crippen molar-refractivity contribution in [1.29, 1.82) is 0 Å². The molecule has 2 aromatic carbocycles. The van der Waals surface area contributed by atoms with Crippen LogP contribution in [-0.2, 0) is 9.59 Å². The average Bonchev–Trinajstić information content (AvgIpc) is 2.61. The van der Waals surface area contributed by atoms with Crippen molar-refractivity contribution in [2.24, 2.45) is 5.92 Å². The van der Waals surface area contributed by atoms with E-state index in [0.717, 1.165) is 12.1 Å². The minimum Gasteiger partial charge on any atom is -0.481 e. The quantitative estimate of drug-likeness (QED) is 0.260. The van der Waals surface area contributed by atoms with Gasteiger partial charge in [0.1, 0.15) is 0 Å². The van der Waals surface area contributed by atoms with Crippen LogP contribution in [0, 0.1) is 26.1 Å². The summed E-state index contributed by atoms with van der Waals surface area (Å²) in [6.45, 7) is 0. The van der Waals surface area contributed by atoms with E-state index in [1.807, 2.05) is 0 Å². The maximum Gasteiger partial charge on any atom is 1.00 e. The molecule has 0 saturated carbocycles. The number of hydrogen-bond donors (Lipinski definition) is 2. The molecule has 2 N–H and O–H groups in total. The van der Waals surface area contributed by atoms with Crippen molar-refractivity contribution in [2.45, 2.75) is 12.0 Å². The molecule has 140 valence electrons. The summed E-state index contributed by atoms with van der Waals surface area (Å²) in [6, 6.07) is 10.2. The Hall–Kier alpha value is -2.82. The maximum absolute atomic E-state index is 11.8. The molecular formula is C17H14N2NaO8+. The first-order valence-electron chi connectivity index (χ1n) is 7.62. The van der Waals surface area contributed by atoms with E-state index in [1.54, 1.807) is 6.07 Å². The van der Waals surface area contributed by atoms with Gasteiger partial charge in [0.2, 0.25) is 6.04 Å². The largest absolute Gasteiger partial charge is 1.00 e. The maximum atomic E-state index is 11.8. The minimum absolute atomic E-state index is 0. The van der Waals surface area contributed by atoms with Crippen molar-refractivity contribution in [3.63, 3.8) is 0 Å². The van der Waals surface area contributed by atoms with Crippen molar-refractivity contribution in [3.8, 4) is 0 Å². The van der Waals surface area contributed by atoms with Crippen LogP contribution in [0.15, 0.2) is 54.6 Å². The van der Waals surface area contributed by atoms with E-state index < -0.39 is 45.4 Å². The molecular weight excluding hydrogens is 383 g/mol. The number of nitro groups is 2. The second kappa shape index (κ2) is 9.93. The molecule has 11 heteroatoms. The van der Waals surface area contributed by atoms with Crippen LogP contribution in [0.4, 0.5) is 5.69 Å². The fraction of sp³-hybridized carbons (Fsp3) is 0.176. The van der Waals surface area contributed by atoms with E-state index >= 15 is 0 Å². The van der Waals surface area contributed by atoms with Gasteiger partial charge in [-0.2, -0.15) is 0 Å². The first-order chi connectivity index (χ1) is 12.7. The summed E-state index contributed by atoms with van der Waals surface area (Å²) in [5.41, 5.74) is -0.460. The van der Waals surface area contributed by atoms with Gasteiger partial charge in [0.05, 0.1) is 10.8 Å². The predicted molar refractivity (Wildman–Crippen MR) is 90.8 cm³/mol. The normalized spacial score (nSPS) is 12.5. The van der Waals surface area contributed by atoms with Crippen LogP contribution in [0.25, 0.3) is 0 Å². The SMILES string of the molecule is O=C(O)C(C(=O)O)C(c1cccc([N+](=O)[O-])c1)C(c1ccccc1)[N+](=O)[O-].[Na+]. The molecule has 0 radical (unpaired) electrons. The Bertz CT molecular complexity index is 876. The molecule has 0 aliphatic rings. The molecule has 0 aliphatic carbocycles. The molecule has 0 aliphatic heterocycles. The molecule has 2 aromatic rings. The number of carbonyl (C=O) groups is 2. The Balaban J connectivity index is 0.00000392. The Kier molecular flexibility index (Phi) is 8.23. The summed E-state index contributed by atoms with van der Waals surface area (Å²) in [6.07, 6.45) is 0. The van der Waals surface area contributed by atoms with Crippen LogP contribution in [0.3, 0.4) is 0 Å². The van der Waals surface area contributed by atoms with Gasteiger partial charge in [-0.3, -0.25) is 29.8 Å². The standard InChI is InChI=1S/C17H14N2O8.Na/c20-16(21)14(17(22)23)13(11-7-4-8-12(9-11)18(24)25)15(19(26)27)10-5-2-1-3-6-10;/h1-9,13-15H,(H,20,21)(H,22,23);/q;+1. The van der Waals surface area contributed by atoms with Gasteiger partial charge in [0.25, 0.3) is 5.69 Å². The number of aliphatic carboxylic acids is 2. The van der Waals surface area contributed by atoms with E-state index in [2.05, 4.69) is 0 Å². The van der Waals surface area contributed by atoms with E-state index in [-0.39, 0.29) is 40.7 Å². The molecule has 0 bridgehead atoms. The van der Waals surface area contributed by atoms with Gasteiger partial charge in [-0.15, -0.1) is 0 Å². The number of nitro benzene ring substituents is 1. The van der Waals surface area contributed by atoms with Crippen LogP contribution in [0.1, 0.15) is 23.1 Å². The van der Waals surface area contributed by atoms with Crippen LogP contribution in [-0.4, -0.2) is 32.0 Å². The fourth-order valence-electron chi connectivity index (χ4n) is 2.93. The third-order valence-corrected chi connectivity index (χ3v) is 4.07. The Morgan fingerprint density at radius 2 is 1.39 bits per heavy atom. The van der Waals surface area contributed by atoms with Crippen LogP contribution in [0.5, 0.6) is 0 Å². The molecule has 0 saturated heterocycles. The minimum atomic E-state index is -2.18. The van der Waals surface area contributed by atoms with Crippen molar-refractivity contribution in [2.75, 3.05) is 0 Å². The average molecular weight is 397 g/mol. The molecule has 2 unspecified atom stereocenters. The summed E-state index contributed by atoms with van der Waals surface area (Å²) in [5, 5.41) is 41.6. The van der Waals surface area contributed by atoms with Crippen molar-refractivity contribution < 1.29 is 59.2 Å². The van der Waals surface area contributed by atoms with Gasteiger partial charge in [-0.1, -0.05) is 42.5 Å². The van der Waals surface area contributed by atoms with Gasteiger partial charge in [-0.25, -0.2) is 0 Å². The molecule has 0 heterocycles. The summed E-state index contributed by atoms with van der Waals surface area (Å²) in [5.74, 6) is -7.40. The number of carboxylic acids is 2. The molecule has 0 fully saturated rings. The molecule has 0 amide bonds. The molecule has 2 rings (SSSR count). The first kappa shape index (κ1) is 23.2. The van der Waals surface area contributed by atoms with E-state index in [0.29, 0.717) is 0 Å². The second-order valence-electron chi connectivity index (χ2n) is 5.67. The van der Waals surface area contributed by atoms with Crippen molar-refractivity contribution in [1.82, 2.24) is 0 Å². The van der Waals surface area contributed by atoms with E-state index in [9.17, 15) is 40.0 Å². The number of nitrogens with zero attached hydrogens (tertiary/aromatic N) is 2. The van der Waals surface area contributed by atoms with Crippen LogP contribution in [0.2, 0.25) is 0 Å². The number of benzene rings is 2. The third kappa shape index (κ3) is 5.12. The van der Waals surface area contributed by atoms with E-state index in [1.165, 1.54) is 36.4 Å². The van der Waals surface area contributed by atoms with E-state index in [4.69, 9.17) is 0 Å². The summed E-state index contributed by atoms with van der Waals surface area (Å²) in [7, 11) is 0. The Morgan fingerprint density at radius 3 is 1.86 bits per heavy atom. The number of rotatable bonds is 8. The number of carboxylic acid groups (broad SMARTS) is 2. The van der Waals surface area contributed by atoms with Crippen LogP contribution < -0.4 is 29.6 Å². The molecule has 10 nitrogen and oxygen atoms in total. The monoisotopic (exact) mass is 397 g/mol. The summed E-state index contributed by atoms with van der Waals surface area (Å²) < 4.78 is 0. The van der Waals surface area contributed by atoms with Crippen molar-refractivity contribution >= 4 is 17.6 Å². The third-order valence-electron chi connectivity index (χ3n) is 4.07. The first-order valence-corrected chi connectivity index (χ1v) is 7.62. The van der Waals surface area contributed by atoms with Gasteiger partial charge in [0.15, 0.2) is 5.92 Å². The summed E-state index contributed by atoms with van der Waals surface area (Å²) >= 11 is 0. The Labute approximate surface area is 180 Å². The Morgan fingerprint density at radius 1 is 0.857 bits per heavy atom. The number of hydrogen-bond acceptors (Lipinski definition) is 6. The predicted octanol–water partition coefficient (Wildman–Crippen LogP) is -0.514. The van der Waals surface area contributed by atoms with Gasteiger partial charge in [-0.05, 0) is 5.56 Å². The van der Waals surface area contributed by atoms with Gasteiger partial charge < -0.3 is 10.2 Å². The second-order valence-corrected chi connectivity index (χ2v) is 5.67. The van der Waals surface area contributed by atoms with Gasteiger partial charge >= 0.3 is 41.5 Å². The zero-order valence-electron chi connectivity index (χ0n) is 14.7. The fourth-order valence-corrected chi connectivity index (χ4v) is 2.93. The number of non-ortho nitro benzene ring substituents is 1. The summed E-state index contributed by atoms with van der Waals surface area (Å²) in [4.78, 5) is 44.5. The van der Waals surface area contributed by atoms with Crippen molar-refractivity contribution in [3.05, 3.63) is 86.0 Å². The molecule has 2 atom stereocenters. The zero-order valence-corrected chi connectivity index (χ0v) is 16.7.